The Kier molecular flexibility index (Phi) is 5.03. The van der Waals surface area contributed by atoms with Crippen LogP contribution in [0.4, 0.5) is 0 Å². The average Bonchev–Trinajstić information content (AvgIpc) is 3.06. The molecule has 9 nitrogen and oxygen atoms in total. The van der Waals surface area contributed by atoms with Crippen LogP contribution in [0, 0.1) is 6.92 Å². The maximum absolute atomic E-state index is 12.5. The highest BCUT2D eigenvalue weighted by Crippen LogP contribution is 2.21. The maximum Gasteiger partial charge on any atom is 0.292 e. The fourth-order valence-corrected chi connectivity index (χ4v) is 2.49. The molecule has 0 saturated carbocycles. The Morgan fingerprint density at radius 3 is 3.00 bits per heavy atom. The Bertz CT molecular complexity index is 775. The largest absolute Gasteiger partial charge is 0.367 e. The molecule has 1 saturated heterocycles. The van der Waals surface area contributed by atoms with E-state index in [-0.39, 0.29) is 17.6 Å². The summed E-state index contributed by atoms with van der Waals surface area (Å²) in [5, 5.41) is 6.43. The molecule has 0 unspecified atom stereocenters. The zero-order valence-corrected chi connectivity index (χ0v) is 14.1. The molecule has 0 spiro atoms. The van der Waals surface area contributed by atoms with Crippen LogP contribution in [0.5, 0.6) is 0 Å². The van der Waals surface area contributed by atoms with Crippen molar-refractivity contribution in [2.24, 2.45) is 0 Å². The van der Waals surface area contributed by atoms with Gasteiger partial charge in [0.1, 0.15) is 6.10 Å². The van der Waals surface area contributed by atoms with Crippen LogP contribution in [0.3, 0.4) is 0 Å². The number of ether oxygens (including phenoxy) is 1. The number of amides is 2. The highest BCUT2D eigenvalue weighted by molar-refractivity contribution is 5.91. The van der Waals surface area contributed by atoms with E-state index in [0.717, 1.165) is 0 Å². The standard InChI is InChI=1S/C16H19N5O4/c1-10-7-13(25-20-10)16(23)21-5-6-24-14(9-21)15-17-4-3-12(19-15)8-18-11(2)22/h3-4,7,14H,5-6,8-9H2,1-2H3,(H,18,22)/t14-/m1/s1. The number of carbonyl (C=O) groups is 2. The van der Waals surface area contributed by atoms with Crippen LogP contribution < -0.4 is 5.32 Å². The lowest BCUT2D eigenvalue weighted by molar-refractivity contribution is -0.119. The molecule has 3 heterocycles. The van der Waals surface area contributed by atoms with Gasteiger partial charge in [0, 0.05) is 25.7 Å². The third-order valence-corrected chi connectivity index (χ3v) is 3.73. The molecule has 0 radical (unpaired) electrons. The van der Waals surface area contributed by atoms with Crippen LogP contribution in [0.2, 0.25) is 0 Å². The first-order chi connectivity index (χ1) is 12.0. The Morgan fingerprint density at radius 1 is 1.44 bits per heavy atom. The van der Waals surface area contributed by atoms with E-state index in [9.17, 15) is 9.59 Å². The van der Waals surface area contributed by atoms with E-state index in [1.807, 2.05) is 0 Å². The first-order valence-corrected chi connectivity index (χ1v) is 7.93. The molecule has 1 atom stereocenters. The summed E-state index contributed by atoms with van der Waals surface area (Å²) in [6.45, 7) is 4.68. The van der Waals surface area contributed by atoms with Gasteiger partial charge in [0.25, 0.3) is 5.91 Å². The van der Waals surface area contributed by atoms with Crippen LogP contribution in [-0.4, -0.2) is 51.5 Å². The molecule has 1 N–H and O–H groups in total. The summed E-state index contributed by atoms with van der Waals surface area (Å²) in [5.74, 6) is 0.323. The van der Waals surface area contributed by atoms with Crippen LogP contribution in [0.1, 0.15) is 40.8 Å². The lowest BCUT2D eigenvalue weighted by Gasteiger charge is -2.31. The molecule has 0 aliphatic carbocycles. The zero-order valence-electron chi connectivity index (χ0n) is 14.1. The topological polar surface area (TPSA) is 110 Å². The second-order valence-electron chi connectivity index (χ2n) is 5.76. The third kappa shape index (κ3) is 4.18. The van der Waals surface area contributed by atoms with Crippen molar-refractivity contribution >= 4 is 11.8 Å². The van der Waals surface area contributed by atoms with Crippen molar-refractivity contribution in [2.45, 2.75) is 26.5 Å². The molecule has 3 rings (SSSR count). The molecule has 0 bridgehead atoms. The Balaban J connectivity index is 1.69. The molecule has 2 amide bonds. The summed E-state index contributed by atoms with van der Waals surface area (Å²) in [7, 11) is 0. The van der Waals surface area contributed by atoms with Gasteiger partial charge in [-0.1, -0.05) is 5.16 Å². The van der Waals surface area contributed by atoms with E-state index in [0.29, 0.717) is 43.5 Å². The van der Waals surface area contributed by atoms with Crippen LogP contribution in [0.25, 0.3) is 0 Å². The molecular weight excluding hydrogens is 326 g/mol. The van der Waals surface area contributed by atoms with Crippen LogP contribution in [-0.2, 0) is 16.1 Å². The Morgan fingerprint density at radius 2 is 2.28 bits per heavy atom. The van der Waals surface area contributed by atoms with Crippen molar-refractivity contribution in [3.05, 3.63) is 41.3 Å². The summed E-state index contributed by atoms with van der Waals surface area (Å²) in [4.78, 5) is 33.8. The highest BCUT2D eigenvalue weighted by atomic mass is 16.5. The van der Waals surface area contributed by atoms with Crippen molar-refractivity contribution in [1.29, 1.82) is 0 Å². The van der Waals surface area contributed by atoms with Crippen molar-refractivity contribution < 1.29 is 18.8 Å². The van der Waals surface area contributed by atoms with Gasteiger partial charge in [-0.2, -0.15) is 0 Å². The van der Waals surface area contributed by atoms with Gasteiger partial charge in [-0.25, -0.2) is 9.97 Å². The smallest absolute Gasteiger partial charge is 0.292 e. The van der Waals surface area contributed by atoms with Gasteiger partial charge < -0.3 is 19.5 Å². The number of morpholine rings is 1. The second-order valence-corrected chi connectivity index (χ2v) is 5.76. The quantitative estimate of drug-likeness (QED) is 0.865. The number of rotatable bonds is 4. The van der Waals surface area contributed by atoms with Crippen molar-refractivity contribution in [2.75, 3.05) is 19.7 Å². The van der Waals surface area contributed by atoms with Gasteiger partial charge in [0.15, 0.2) is 5.82 Å². The van der Waals surface area contributed by atoms with E-state index < -0.39 is 6.10 Å². The van der Waals surface area contributed by atoms with Gasteiger partial charge >= 0.3 is 0 Å². The fraction of sp³-hybridized carbons (Fsp3) is 0.438. The van der Waals surface area contributed by atoms with Gasteiger partial charge in [-0.05, 0) is 13.0 Å². The summed E-state index contributed by atoms with van der Waals surface area (Å²) in [6.07, 6.45) is 1.18. The van der Waals surface area contributed by atoms with Gasteiger partial charge in [0.2, 0.25) is 11.7 Å². The van der Waals surface area contributed by atoms with E-state index in [4.69, 9.17) is 9.26 Å². The van der Waals surface area contributed by atoms with Crippen molar-refractivity contribution in [1.82, 2.24) is 25.3 Å². The maximum atomic E-state index is 12.5. The molecule has 1 aliphatic heterocycles. The van der Waals surface area contributed by atoms with E-state index in [1.54, 1.807) is 30.2 Å². The van der Waals surface area contributed by atoms with Crippen LogP contribution >= 0.6 is 0 Å². The molecule has 1 aliphatic rings. The van der Waals surface area contributed by atoms with Gasteiger partial charge in [0.05, 0.1) is 31.1 Å². The summed E-state index contributed by atoms with van der Waals surface area (Å²) in [6, 6.07) is 3.33. The Hall–Kier alpha value is -2.81. The molecular formula is C16H19N5O4. The Labute approximate surface area is 144 Å². The molecule has 25 heavy (non-hydrogen) atoms. The predicted molar refractivity (Wildman–Crippen MR) is 85.4 cm³/mol. The first kappa shape index (κ1) is 17.0. The molecule has 132 valence electrons. The van der Waals surface area contributed by atoms with E-state index >= 15 is 0 Å². The number of carbonyl (C=O) groups excluding carboxylic acids is 2. The minimum atomic E-state index is -0.431. The lowest BCUT2D eigenvalue weighted by atomic mass is 10.2. The molecule has 1 fully saturated rings. The number of aryl methyl sites for hydroxylation is 1. The van der Waals surface area contributed by atoms with Crippen molar-refractivity contribution in [3.8, 4) is 0 Å². The minimum absolute atomic E-state index is 0.131. The minimum Gasteiger partial charge on any atom is -0.367 e. The summed E-state index contributed by atoms with van der Waals surface area (Å²) < 4.78 is 10.8. The van der Waals surface area contributed by atoms with Crippen molar-refractivity contribution in [3.63, 3.8) is 0 Å². The number of aromatic nitrogens is 3. The molecule has 0 aromatic carbocycles. The van der Waals surface area contributed by atoms with Gasteiger partial charge in [-0.3, -0.25) is 9.59 Å². The SMILES string of the molecule is CC(=O)NCc1ccnc([C@H]2CN(C(=O)c3cc(C)no3)CCO2)n1. The van der Waals surface area contributed by atoms with E-state index in [1.165, 1.54) is 6.92 Å². The van der Waals surface area contributed by atoms with Gasteiger partial charge in [-0.15, -0.1) is 0 Å². The van der Waals surface area contributed by atoms with E-state index in [2.05, 4.69) is 20.4 Å². The summed E-state index contributed by atoms with van der Waals surface area (Å²) >= 11 is 0. The van der Waals surface area contributed by atoms with Crippen LogP contribution in [0.15, 0.2) is 22.9 Å². The highest BCUT2D eigenvalue weighted by Gasteiger charge is 2.29. The average molecular weight is 345 g/mol. The number of nitrogens with one attached hydrogen (secondary N) is 1. The lowest BCUT2D eigenvalue weighted by Crippen LogP contribution is -2.42. The first-order valence-electron chi connectivity index (χ1n) is 7.93. The predicted octanol–water partition coefficient (Wildman–Crippen LogP) is 0.623. The molecule has 2 aromatic rings. The molecule has 2 aromatic heterocycles. The monoisotopic (exact) mass is 345 g/mol. The zero-order chi connectivity index (χ0) is 17.8. The summed E-state index contributed by atoms with van der Waals surface area (Å²) in [5.41, 5.74) is 1.33. The normalized spacial score (nSPS) is 17.4. The number of nitrogens with zero attached hydrogens (tertiary/aromatic N) is 4. The number of hydrogen-bond acceptors (Lipinski definition) is 7. The third-order valence-electron chi connectivity index (χ3n) is 3.73. The number of hydrogen-bond donors (Lipinski definition) is 1. The second kappa shape index (κ2) is 7.39. The fourth-order valence-electron chi connectivity index (χ4n) is 2.49. The molecule has 9 heteroatoms.